The fraction of sp³-hybridized carbons (Fsp3) is 0.167. The van der Waals surface area contributed by atoms with Gasteiger partial charge < -0.3 is 9.47 Å². The Labute approximate surface area is 175 Å². The molecule has 3 rings (SSSR count). The predicted molar refractivity (Wildman–Crippen MR) is 114 cm³/mol. The van der Waals surface area contributed by atoms with E-state index in [1.165, 1.54) is 12.3 Å². The van der Waals surface area contributed by atoms with E-state index in [1.807, 2.05) is 37.3 Å². The van der Waals surface area contributed by atoms with Crippen LogP contribution in [-0.4, -0.2) is 18.7 Å². The Balaban J connectivity index is 1.61. The molecule has 0 heterocycles. The fourth-order valence-electron chi connectivity index (χ4n) is 2.76. The van der Waals surface area contributed by atoms with Gasteiger partial charge in [0.2, 0.25) is 5.91 Å². The van der Waals surface area contributed by atoms with Gasteiger partial charge in [-0.25, -0.2) is 9.82 Å². The molecule has 0 unspecified atom stereocenters. The van der Waals surface area contributed by atoms with Crippen molar-refractivity contribution in [3.8, 4) is 11.5 Å². The molecule has 6 heteroatoms. The lowest BCUT2D eigenvalue weighted by molar-refractivity contribution is -0.120. The maximum atomic E-state index is 13.8. The number of hydrogen-bond donors (Lipinski definition) is 1. The number of ether oxygens (including phenoxy) is 2. The lowest BCUT2D eigenvalue weighted by atomic mass is 10.1. The van der Waals surface area contributed by atoms with Gasteiger partial charge in [0.15, 0.2) is 11.5 Å². The molecule has 3 aromatic carbocycles. The molecular weight excluding hydrogens is 383 g/mol. The van der Waals surface area contributed by atoms with E-state index in [1.54, 1.807) is 36.4 Å². The third-order valence-corrected chi connectivity index (χ3v) is 4.22. The molecule has 3 aromatic rings. The second kappa shape index (κ2) is 10.8. The molecule has 0 aromatic heterocycles. The SMILES string of the molecule is CCOc1cc(/C=N\NC(=O)Cc2ccccc2)ccc1OCc1ccccc1F. The van der Waals surface area contributed by atoms with Crippen LogP contribution < -0.4 is 14.9 Å². The van der Waals surface area contributed by atoms with E-state index >= 15 is 0 Å². The molecule has 5 nitrogen and oxygen atoms in total. The Bertz CT molecular complexity index is 1010. The summed E-state index contributed by atoms with van der Waals surface area (Å²) in [5.41, 5.74) is 4.63. The number of rotatable bonds is 9. The van der Waals surface area contributed by atoms with Crippen LogP contribution in [0.4, 0.5) is 4.39 Å². The topological polar surface area (TPSA) is 59.9 Å². The third-order valence-electron chi connectivity index (χ3n) is 4.22. The third kappa shape index (κ3) is 6.17. The molecule has 0 fully saturated rings. The van der Waals surface area contributed by atoms with Crippen LogP contribution in [0.5, 0.6) is 11.5 Å². The molecule has 1 amide bonds. The second-order valence-electron chi connectivity index (χ2n) is 6.47. The summed E-state index contributed by atoms with van der Waals surface area (Å²) in [4.78, 5) is 12.0. The number of carbonyl (C=O) groups excluding carboxylic acids is 1. The monoisotopic (exact) mass is 406 g/mol. The Morgan fingerprint density at radius 3 is 2.53 bits per heavy atom. The van der Waals surface area contributed by atoms with Crippen molar-refractivity contribution in [3.63, 3.8) is 0 Å². The highest BCUT2D eigenvalue weighted by Crippen LogP contribution is 2.29. The van der Waals surface area contributed by atoms with Gasteiger partial charge in [-0.05, 0) is 42.3 Å². The summed E-state index contributed by atoms with van der Waals surface area (Å²) >= 11 is 0. The summed E-state index contributed by atoms with van der Waals surface area (Å²) in [5, 5.41) is 4.00. The van der Waals surface area contributed by atoms with Crippen molar-refractivity contribution < 1.29 is 18.7 Å². The van der Waals surface area contributed by atoms with Gasteiger partial charge in [-0.1, -0.05) is 48.5 Å². The zero-order chi connectivity index (χ0) is 21.2. The van der Waals surface area contributed by atoms with Crippen LogP contribution >= 0.6 is 0 Å². The minimum Gasteiger partial charge on any atom is -0.490 e. The first-order valence-corrected chi connectivity index (χ1v) is 9.64. The first-order valence-electron chi connectivity index (χ1n) is 9.64. The summed E-state index contributed by atoms with van der Waals surface area (Å²) in [6.07, 6.45) is 1.79. The number of amides is 1. The van der Waals surface area contributed by atoms with Crippen LogP contribution in [0.15, 0.2) is 77.9 Å². The smallest absolute Gasteiger partial charge is 0.244 e. The molecular formula is C24H23FN2O3. The molecule has 0 spiro atoms. The molecule has 0 atom stereocenters. The van der Waals surface area contributed by atoms with Crippen LogP contribution in [-0.2, 0) is 17.8 Å². The minimum absolute atomic E-state index is 0.0930. The van der Waals surface area contributed by atoms with E-state index in [2.05, 4.69) is 10.5 Å². The van der Waals surface area contributed by atoms with Gasteiger partial charge in [0.1, 0.15) is 12.4 Å². The lowest BCUT2D eigenvalue weighted by Gasteiger charge is -2.13. The number of benzene rings is 3. The van der Waals surface area contributed by atoms with Crippen LogP contribution in [0.1, 0.15) is 23.6 Å². The minimum atomic E-state index is -0.314. The number of nitrogens with one attached hydrogen (secondary N) is 1. The van der Waals surface area contributed by atoms with Crippen LogP contribution in [0, 0.1) is 5.82 Å². The van der Waals surface area contributed by atoms with Crippen molar-refractivity contribution in [1.82, 2.24) is 5.43 Å². The van der Waals surface area contributed by atoms with Gasteiger partial charge in [0.25, 0.3) is 0 Å². The molecule has 0 saturated heterocycles. The van der Waals surface area contributed by atoms with Gasteiger partial charge >= 0.3 is 0 Å². The molecule has 1 N–H and O–H groups in total. The number of nitrogens with zero attached hydrogens (tertiary/aromatic N) is 1. The van der Waals surface area contributed by atoms with E-state index in [-0.39, 0.29) is 24.8 Å². The normalized spacial score (nSPS) is 10.7. The molecule has 154 valence electrons. The van der Waals surface area contributed by atoms with Crippen molar-refractivity contribution in [3.05, 3.63) is 95.3 Å². The maximum absolute atomic E-state index is 13.8. The van der Waals surface area contributed by atoms with E-state index in [0.717, 1.165) is 11.1 Å². The summed E-state index contributed by atoms with van der Waals surface area (Å²) in [6, 6.07) is 21.2. The first kappa shape index (κ1) is 21.0. The Hall–Kier alpha value is -3.67. The van der Waals surface area contributed by atoms with Crippen LogP contribution in [0.3, 0.4) is 0 Å². The highest BCUT2D eigenvalue weighted by atomic mass is 19.1. The summed E-state index contributed by atoms with van der Waals surface area (Å²) in [6.45, 7) is 2.41. The van der Waals surface area contributed by atoms with Gasteiger partial charge in [0.05, 0.1) is 19.2 Å². The quantitative estimate of drug-likeness (QED) is 0.421. The molecule has 0 bridgehead atoms. The van der Waals surface area contributed by atoms with Crippen molar-refractivity contribution in [1.29, 1.82) is 0 Å². The number of hydrazone groups is 1. The number of halogens is 1. The molecule has 0 saturated carbocycles. The van der Waals surface area contributed by atoms with Gasteiger partial charge in [-0.15, -0.1) is 0 Å². The largest absolute Gasteiger partial charge is 0.490 e. The van der Waals surface area contributed by atoms with Gasteiger partial charge in [0, 0.05) is 5.56 Å². The van der Waals surface area contributed by atoms with Gasteiger partial charge in [-0.3, -0.25) is 4.79 Å². The maximum Gasteiger partial charge on any atom is 0.244 e. The Morgan fingerprint density at radius 2 is 1.77 bits per heavy atom. The molecule has 30 heavy (non-hydrogen) atoms. The van der Waals surface area contributed by atoms with E-state index in [4.69, 9.17) is 9.47 Å². The molecule has 0 radical (unpaired) electrons. The molecule has 0 aliphatic rings. The molecule has 0 aliphatic carbocycles. The number of hydrogen-bond acceptors (Lipinski definition) is 4. The standard InChI is InChI=1S/C24H23FN2O3/c1-2-29-23-14-19(16-26-27-24(28)15-18-8-4-3-5-9-18)12-13-22(23)30-17-20-10-6-7-11-21(20)25/h3-14,16H,2,15,17H2,1H3,(H,27,28)/b26-16-. The zero-order valence-electron chi connectivity index (χ0n) is 16.7. The average molecular weight is 406 g/mol. The van der Waals surface area contributed by atoms with E-state index < -0.39 is 0 Å². The van der Waals surface area contributed by atoms with E-state index in [0.29, 0.717) is 23.7 Å². The zero-order valence-corrected chi connectivity index (χ0v) is 16.7. The first-order chi connectivity index (χ1) is 14.7. The Kier molecular flexibility index (Phi) is 7.55. The lowest BCUT2D eigenvalue weighted by Crippen LogP contribution is -2.19. The second-order valence-corrected chi connectivity index (χ2v) is 6.47. The summed E-state index contributed by atoms with van der Waals surface area (Å²) in [5.74, 6) is 0.511. The predicted octanol–water partition coefficient (Wildman–Crippen LogP) is 4.50. The summed E-state index contributed by atoms with van der Waals surface area (Å²) in [7, 11) is 0. The van der Waals surface area contributed by atoms with Crippen molar-refractivity contribution in [2.75, 3.05) is 6.61 Å². The summed E-state index contributed by atoms with van der Waals surface area (Å²) < 4.78 is 25.2. The fourth-order valence-corrected chi connectivity index (χ4v) is 2.76. The van der Waals surface area contributed by atoms with Gasteiger partial charge in [-0.2, -0.15) is 5.10 Å². The van der Waals surface area contributed by atoms with Crippen LogP contribution in [0.2, 0.25) is 0 Å². The Morgan fingerprint density at radius 1 is 1.00 bits per heavy atom. The van der Waals surface area contributed by atoms with Crippen molar-refractivity contribution >= 4 is 12.1 Å². The van der Waals surface area contributed by atoms with Crippen molar-refractivity contribution in [2.24, 2.45) is 5.10 Å². The average Bonchev–Trinajstić information content (AvgIpc) is 2.75. The highest BCUT2D eigenvalue weighted by Gasteiger charge is 2.08. The van der Waals surface area contributed by atoms with E-state index in [9.17, 15) is 9.18 Å². The highest BCUT2D eigenvalue weighted by molar-refractivity contribution is 5.84. The van der Waals surface area contributed by atoms with Crippen LogP contribution in [0.25, 0.3) is 0 Å². The number of carbonyl (C=O) groups is 1. The van der Waals surface area contributed by atoms with Crippen molar-refractivity contribution in [2.45, 2.75) is 20.0 Å². The molecule has 0 aliphatic heterocycles.